The van der Waals surface area contributed by atoms with Crippen molar-refractivity contribution in [2.45, 2.75) is 4.90 Å². The molecule has 29 heavy (non-hydrogen) atoms. The number of carbonyl (C=O) groups is 1. The fourth-order valence-electron chi connectivity index (χ4n) is 3.15. The molecule has 0 spiro atoms. The first-order chi connectivity index (χ1) is 14.0. The lowest BCUT2D eigenvalue weighted by Crippen LogP contribution is -2.40. The maximum absolute atomic E-state index is 14.0. The summed E-state index contributed by atoms with van der Waals surface area (Å²) in [5.41, 5.74) is 0.0531. The van der Waals surface area contributed by atoms with E-state index in [1.807, 2.05) is 0 Å². The van der Waals surface area contributed by atoms with E-state index < -0.39 is 15.9 Å². The van der Waals surface area contributed by atoms with Gasteiger partial charge in [0.2, 0.25) is 0 Å². The van der Waals surface area contributed by atoms with Crippen LogP contribution in [0.5, 0.6) is 5.75 Å². The fraction of sp³-hybridized carbons (Fsp3) is 0.200. The summed E-state index contributed by atoms with van der Waals surface area (Å²) in [6, 6.07) is 11.2. The predicted octanol–water partition coefficient (Wildman–Crippen LogP) is 2.61. The number of benzene rings is 2. The number of pyridine rings is 1. The number of amides is 1. The van der Waals surface area contributed by atoms with Crippen molar-refractivity contribution in [1.82, 2.24) is 9.88 Å². The van der Waals surface area contributed by atoms with Gasteiger partial charge in [-0.25, -0.2) is 4.39 Å². The van der Waals surface area contributed by atoms with Crippen molar-refractivity contribution in [1.29, 1.82) is 0 Å². The molecule has 9 heteroatoms. The van der Waals surface area contributed by atoms with E-state index in [4.69, 9.17) is 8.92 Å². The number of ether oxygens (including phenoxy) is 1. The average molecular weight is 416 g/mol. The largest absolute Gasteiger partial charge is 0.378 e. The predicted molar refractivity (Wildman–Crippen MR) is 103 cm³/mol. The quantitative estimate of drug-likeness (QED) is 0.608. The molecule has 1 saturated heterocycles. The number of hydrogen-bond donors (Lipinski definition) is 0. The van der Waals surface area contributed by atoms with Crippen LogP contribution in [0.15, 0.2) is 59.6 Å². The van der Waals surface area contributed by atoms with Gasteiger partial charge < -0.3 is 13.8 Å². The van der Waals surface area contributed by atoms with Gasteiger partial charge in [-0.05, 0) is 36.4 Å². The van der Waals surface area contributed by atoms with Crippen LogP contribution >= 0.6 is 0 Å². The maximum atomic E-state index is 14.0. The van der Waals surface area contributed by atoms with Crippen LogP contribution in [0.2, 0.25) is 0 Å². The topological polar surface area (TPSA) is 85.8 Å². The van der Waals surface area contributed by atoms with E-state index in [2.05, 4.69) is 4.98 Å². The molecule has 0 radical (unpaired) electrons. The molecule has 0 bridgehead atoms. The summed E-state index contributed by atoms with van der Waals surface area (Å²) in [7, 11) is -4.35. The summed E-state index contributed by atoms with van der Waals surface area (Å²) in [5, 5.41) is 0.101. The Kier molecular flexibility index (Phi) is 5.16. The molecule has 1 aliphatic rings. The first-order valence-electron chi connectivity index (χ1n) is 8.91. The van der Waals surface area contributed by atoms with Crippen LogP contribution in [0.4, 0.5) is 4.39 Å². The number of halogens is 1. The first kappa shape index (κ1) is 19.3. The van der Waals surface area contributed by atoms with Gasteiger partial charge in [-0.2, -0.15) is 8.42 Å². The SMILES string of the molecule is O=C(c1ccccc1OS(=O)(=O)c1ccc(F)c2ncccc12)N1CCOCC1. The highest BCUT2D eigenvalue weighted by Gasteiger charge is 2.26. The summed E-state index contributed by atoms with van der Waals surface area (Å²) < 4.78 is 50.5. The Morgan fingerprint density at radius 1 is 1.07 bits per heavy atom. The fourth-order valence-corrected chi connectivity index (χ4v) is 4.29. The van der Waals surface area contributed by atoms with Crippen molar-refractivity contribution in [3.8, 4) is 5.75 Å². The second-order valence-electron chi connectivity index (χ2n) is 6.38. The molecular formula is C20H17FN2O5S. The Morgan fingerprint density at radius 2 is 1.83 bits per heavy atom. The number of nitrogens with zero attached hydrogens (tertiary/aromatic N) is 2. The van der Waals surface area contributed by atoms with E-state index in [1.165, 1.54) is 30.5 Å². The number of morpholine rings is 1. The molecule has 150 valence electrons. The Hall–Kier alpha value is -3.04. The van der Waals surface area contributed by atoms with Gasteiger partial charge in [0.05, 0.1) is 18.8 Å². The minimum atomic E-state index is -4.35. The van der Waals surface area contributed by atoms with Crippen molar-refractivity contribution in [2.75, 3.05) is 26.3 Å². The summed E-state index contributed by atoms with van der Waals surface area (Å²) in [5.74, 6) is -1.07. The monoisotopic (exact) mass is 416 g/mol. The van der Waals surface area contributed by atoms with Crippen LogP contribution in [-0.2, 0) is 14.9 Å². The van der Waals surface area contributed by atoms with E-state index in [-0.39, 0.29) is 33.0 Å². The van der Waals surface area contributed by atoms with Crippen molar-refractivity contribution in [3.63, 3.8) is 0 Å². The number of para-hydroxylation sites is 1. The molecule has 1 aromatic heterocycles. The van der Waals surface area contributed by atoms with Crippen LogP contribution in [0.1, 0.15) is 10.4 Å². The van der Waals surface area contributed by atoms with Crippen molar-refractivity contribution in [2.24, 2.45) is 0 Å². The Labute approximate surface area is 166 Å². The average Bonchev–Trinajstić information content (AvgIpc) is 2.74. The third-order valence-corrected chi connectivity index (χ3v) is 5.86. The third-order valence-electron chi connectivity index (χ3n) is 4.57. The molecule has 4 rings (SSSR count). The smallest absolute Gasteiger partial charge is 0.339 e. The highest BCUT2D eigenvalue weighted by atomic mass is 32.2. The summed E-state index contributed by atoms with van der Waals surface area (Å²) in [4.78, 5) is 18.1. The van der Waals surface area contributed by atoms with E-state index >= 15 is 0 Å². The van der Waals surface area contributed by atoms with Crippen LogP contribution < -0.4 is 4.18 Å². The van der Waals surface area contributed by atoms with Gasteiger partial charge in [0.15, 0.2) is 5.75 Å². The summed E-state index contributed by atoms with van der Waals surface area (Å²) >= 11 is 0. The molecule has 0 saturated carbocycles. The standard InChI is InChI=1S/C20H17FN2O5S/c21-16-7-8-18(15-5-3-9-22-19(15)16)29(25,26)28-17-6-2-1-4-14(17)20(24)23-10-12-27-13-11-23/h1-9H,10-13H2. The maximum Gasteiger partial charge on any atom is 0.339 e. The number of rotatable bonds is 4. The van der Waals surface area contributed by atoms with E-state index in [0.717, 1.165) is 12.1 Å². The zero-order chi connectivity index (χ0) is 20.4. The summed E-state index contributed by atoms with van der Waals surface area (Å²) in [6.07, 6.45) is 1.37. The van der Waals surface area contributed by atoms with Gasteiger partial charge in [0.1, 0.15) is 16.2 Å². The Bertz CT molecular complexity index is 1180. The highest BCUT2D eigenvalue weighted by molar-refractivity contribution is 7.87. The third kappa shape index (κ3) is 3.79. The molecule has 0 N–H and O–H groups in total. The Balaban J connectivity index is 1.71. The number of fused-ring (bicyclic) bond motifs is 1. The lowest BCUT2D eigenvalue weighted by molar-refractivity contribution is 0.0302. The molecule has 3 aromatic rings. The lowest BCUT2D eigenvalue weighted by atomic mass is 10.1. The molecule has 0 atom stereocenters. The first-order valence-corrected chi connectivity index (χ1v) is 10.3. The molecule has 2 heterocycles. The van der Waals surface area contributed by atoms with Crippen molar-refractivity contribution in [3.05, 3.63) is 66.1 Å². The highest BCUT2D eigenvalue weighted by Crippen LogP contribution is 2.29. The minimum absolute atomic E-state index is 0.0742. The second-order valence-corrected chi connectivity index (χ2v) is 7.90. The van der Waals surface area contributed by atoms with Crippen LogP contribution in [-0.4, -0.2) is 50.5 Å². The molecule has 1 aliphatic heterocycles. The molecule has 0 unspecified atom stereocenters. The number of aromatic nitrogens is 1. The second kappa shape index (κ2) is 7.76. The van der Waals surface area contributed by atoms with Crippen molar-refractivity contribution < 1.29 is 26.5 Å². The molecular weight excluding hydrogens is 399 g/mol. The molecule has 1 amide bonds. The number of carbonyl (C=O) groups excluding carboxylic acids is 1. The normalized spacial score (nSPS) is 14.7. The lowest BCUT2D eigenvalue weighted by Gasteiger charge is -2.27. The van der Waals surface area contributed by atoms with E-state index in [1.54, 1.807) is 17.0 Å². The number of hydrogen-bond acceptors (Lipinski definition) is 6. The van der Waals surface area contributed by atoms with Gasteiger partial charge in [-0.15, -0.1) is 0 Å². The van der Waals surface area contributed by atoms with Gasteiger partial charge in [0, 0.05) is 24.7 Å². The van der Waals surface area contributed by atoms with Gasteiger partial charge in [-0.3, -0.25) is 9.78 Å². The Morgan fingerprint density at radius 3 is 2.62 bits per heavy atom. The van der Waals surface area contributed by atoms with Crippen LogP contribution in [0, 0.1) is 5.82 Å². The molecule has 1 fully saturated rings. The molecule has 0 aliphatic carbocycles. The molecule has 2 aromatic carbocycles. The van der Waals surface area contributed by atoms with Gasteiger partial charge in [0.25, 0.3) is 5.91 Å². The van der Waals surface area contributed by atoms with Gasteiger partial charge >= 0.3 is 10.1 Å². The van der Waals surface area contributed by atoms with Crippen LogP contribution in [0.25, 0.3) is 10.9 Å². The van der Waals surface area contributed by atoms with E-state index in [9.17, 15) is 17.6 Å². The zero-order valence-electron chi connectivity index (χ0n) is 15.2. The summed E-state index contributed by atoms with van der Waals surface area (Å²) in [6.45, 7) is 1.66. The molecule has 7 nitrogen and oxygen atoms in total. The van der Waals surface area contributed by atoms with Crippen molar-refractivity contribution >= 4 is 26.9 Å². The zero-order valence-corrected chi connectivity index (χ0v) is 16.1. The van der Waals surface area contributed by atoms with Gasteiger partial charge in [-0.1, -0.05) is 12.1 Å². The minimum Gasteiger partial charge on any atom is -0.378 e. The van der Waals surface area contributed by atoms with Crippen LogP contribution in [0.3, 0.4) is 0 Å². The van der Waals surface area contributed by atoms with E-state index in [0.29, 0.717) is 26.3 Å².